The van der Waals surface area contributed by atoms with E-state index in [1.165, 1.54) is 22.7 Å². The van der Waals surface area contributed by atoms with Gasteiger partial charge in [-0.3, -0.25) is 9.59 Å². The molecular weight excluding hydrogens is 320 g/mol. The summed E-state index contributed by atoms with van der Waals surface area (Å²) in [5.41, 5.74) is 0. The summed E-state index contributed by atoms with van der Waals surface area (Å²) in [6, 6.07) is 7.42. The summed E-state index contributed by atoms with van der Waals surface area (Å²) in [6.45, 7) is 4.09. The lowest BCUT2D eigenvalue weighted by atomic mass is 10.3. The van der Waals surface area contributed by atoms with Crippen LogP contribution >= 0.6 is 22.7 Å². The van der Waals surface area contributed by atoms with E-state index in [0.29, 0.717) is 10.1 Å². The van der Waals surface area contributed by atoms with Crippen molar-refractivity contribution in [1.82, 2.24) is 0 Å². The fourth-order valence-electron chi connectivity index (χ4n) is 1.74. The van der Waals surface area contributed by atoms with Gasteiger partial charge in [-0.15, -0.1) is 22.7 Å². The third kappa shape index (κ3) is 4.96. The average molecular weight is 338 g/mol. The van der Waals surface area contributed by atoms with Crippen molar-refractivity contribution < 1.29 is 19.1 Å². The fraction of sp³-hybridized carbons (Fsp3) is 0.375. The van der Waals surface area contributed by atoms with Crippen LogP contribution in [-0.4, -0.2) is 11.9 Å². The largest absolute Gasteiger partial charge is 0.415 e. The van der Waals surface area contributed by atoms with Crippen molar-refractivity contribution in [2.45, 2.75) is 39.5 Å². The fourth-order valence-corrected chi connectivity index (χ4v) is 3.36. The smallest absolute Gasteiger partial charge is 0.312 e. The first-order chi connectivity index (χ1) is 10.6. The molecule has 6 heteroatoms. The van der Waals surface area contributed by atoms with Crippen LogP contribution in [0.15, 0.2) is 24.3 Å². The van der Waals surface area contributed by atoms with Crippen LogP contribution in [0, 0.1) is 0 Å². The molecule has 0 saturated carbocycles. The zero-order valence-corrected chi connectivity index (χ0v) is 14.2. The Balaban J connectivity index is 1.74. The van der Waals surface area contributed by atoms with Crippen molar-refractivity contribution in [3.8, 4) is 10.1 Å². The van der Waals surface area contributed by atoms with E-state index in [1.807, 2.05) is 26.0 Å². The van der Waals surface area contributed by atoms with E-state index in [4.69, 9.17) is 9.47 Å². The molecule has 0 aromatic carbocycles. The molecule has 0 aliphatic carbocycles. The number of rotatable bonds is 7. The molecule has 0 N–H and O–H groups in total. The van der Waals surface area contributed by atoms with Crippen molar-refractivity contribution in [3.63, 3.8) is 0 Å². The molecule has 0 saturated heterocycles. The van der Waals surface area contributed by atoms with Gasteiger partial charge in [0, 0.05) is 9.75 Å². The van der Waals surface area contributed by atoms with E-state index in [1.54, 1.807) is 12.1 Å². The number of hydrogen-bond donors (Lipinski definition) is 0. The molecule has 4 nitrogen and oxygen atoms in total. The molecule has 2 heterocycles. The van der Waals surface area contributed by atoms with Crippen molar-refractivity contribution in [1.29, 1.82) is 0 Å². The third-order valence-corrected chi connectivity index (χ3v) is 5.15. The number of thiophene rings is 2. The maximum Gasteiger partial charge on any atom is 0.312 e. The molecule has 2 aromatic heterocycles. The summed E-state index contributed by atoms with van der Waals surface area (Å²) in [4.78, 5) is 25.7. The first-order valence-electron chi connectivity index (χ1n) is 7.19. The van der Waals surface area contributed by atoms with E-state index >= 15 is 0 Å². The van der Waals surface area contributed by atoms with Gasteiger partial charge in [0.15, 0.2) is 10.1 Å². The molecular formula is C16H18O4S2. The normalized spacial score (nSPS) is 10.5. The number of carbonyl (C=O) groups is 2. The van der Waals surface area contributed by atoms with E-state index < -0.39 is 11.9 Å². The Bertz CT molecular complexity index is 586. The van der Waals surface area contributed by atoms with Gasteiger partial charge in [0.05, 0.1) is 12.8 Å². The van der Waals surface area contributed by atoms with Crippen molar-refractivity contribution in [2.24, 2.45) is 0 Å². The third-order valence-electron chi connectivity index (χ3n) is 2.93. The van der Waals surface area contributed by atoms with E-state index in [-0.39, 0.29) is 12.8 Å². The molecule has 0 bridgehead atoms. The van der Waals surface area contributed by atoms with Gasteiger partial charge in [-0.1, -0.05) is 13.8 Å². The summed E-state index contributed by atoms with van der Waals surface area (Å²) in [5, 5.41) is 1.14. The summed E-state index contributed by atoms with van der Waals surface area (Å²) >= 11 is 2.89. The lowest BCUT2D eigenvalue weighted by molar-refractivity contribution is -0.140. The lowest BCUT2D eigenvalue weighted by Crippen LogP contribution is -2.13. The Hall–Kier alpha value is -1.66. The molecule has 0 spiro atoms. The predicted octanol–water partition coefficient (Wildman–Crippen LogP) is 4.23. The second kappa shape index (κ2) is 8.10. The second-order valence-electron chi connectivity index (χ2n) is 4.60. The van der Waals surface area contributed by atoms with Crippen LogP contribution < -0.4 is 9.47 Å². The predicted molar refractivity (Wildman–Crippen MR) is 87.9 cm³/mol. The zero-order valence-electron chi connectivity index (χ0n) is 12.6. The minimum atomic E-state index is -0.415. The molecule has 0 radical (unpaired) electrons. The summed E-state index contributed by atoms with van der Waals surface area (Å²) in [5.74, 6) is -0.830. The minimum absolute atomic E-state index is 0.0181. The maximum absolute atomic E-state index is 11.7. The molecule has 22 heavy (non-hydrogen) atoms. The minimum Gasteiger partial charge on any atom is -0.415 e. The van der Waals surface area contributed by atoms with Gasteiger partial charge in [-0.2, -0.15) is 0 Å². The highest BCUT2D eigenvalue weighted by Gasteiger charge is 2.13. The first kappa shape index (κ1) is 16.7. The Morgan fingerprint density at radius 2 is 1.23 bits per heavy atom. The van der Waals surface area contributed by atoms with Crippen molar-refractivity contribution >= 4 is 34.6 Å². The van der Waals surface area contributed by atoms with E-state index in [0.717, 1.165) is 22.6 Å². The lowest BCUT2D eigenvalue weighted by Gasteiger charge is -2.02. The molecule has 0 unspecified atom stereocenters. The molecule has 118 valence electrons. The monoisotopic (exact) mass is 338 g/mol. The van der Waals surface area contributed by atoms with Crippen LogP contribution in [0.4, 0.5) is 0 Å². The number of ether oxygens (including phenoxy) is 2. The molecule has 0 aliphatic rings. The second-order valence-corrected chi connectivity index (χ2v) is 6.86. The van der Waals surface area contributed by atoms with Crippen LogP contribution in [0.3, 0.4) is 0 Å². The van der Waals surface area contributed by atoms with Gasteiger partial charge in [0.1, 0.15) is 0 Å². The highest BCUT2D eigenvalue weighted by atomic mass is 32.1. The Kier molecular flexibility index (Phi) is 6.15. The molecule has 0 atom stereocenters. The first-order valence-corrected chi connectivity index (χ1v) is 8.82. The van der Waals surface area contributed by atoms with Gasteiger partial charge in [-0.05, 0) is 37.1 Å². The van der Waals surface area contributed by atoms with Gasteiger partial charge >= 0.3 is 11.9 Å². The van der Waals surface area contributed by atoms with Crippen LogP contribution in [0.1, 0.15) is 36.4 Å². The number of aryl methyl sites for hydroxylation is 2. The SMILES string of the molecule is CCc1ccc(OC(=O)CCC(=O)Oc2ccc(CC)s2)s1. The van der Waals surface area contributed by atoms with Crippen LogP contribution in [0.2, 0.25) is 0 Å². The van der Waals surface area contributed by atoms with Crippen LogP contribution in [0.25, 0.3) is 0 Å². The van der Waals surface area contributed by atoms with Crippen LogP contribution in [0.5, 0.6) is 10.1 Å². The van der Waals surface area contributed by atoms with E-state index in [9.17, 15) is 9.59 Å². The maximum atomic E-state index is 11.7. The number of esters is 2. The molecule has 0 fully saturated rings. The highest BCUT2D eigenvalue weighted by molar-refractivity contribution is 7.14. The summed E-state index contributed by atoms with van der Waals surface area (Å²) < 4.78 is 10.4. The Morgan fingerprint density at radius 3 is 1.55 bits per heavy atom. The molecule has 2 aromatic rings. The Morgan fingerprint density at radius 1 is 0.818 bits per heavy atom. The number of hydrogen-bond acceptors (Lipinski definition) is 6. The average Bonchev–Trinajstić information content (AvgIpc) is 3.14. The molecule has 2 rings (SSSR count). The standard InChI is InChI=1S/C16H18O4S2/c1-3-11-5-9-15(21-11)19-13(17)7-8-14(18)20-16-10-6-12(4-2)22-16/h5-6,9-10H,3-4,7-8H2,1-2H3. The van der Waals surface area contributed by atoms with Gasteiger partial charge in [-0.25, -0.2) is 0 Å². The quantitative estimate of drug-likeness (QED) is 0.709. The van der Waals surface area contributed by atoms with Gasteiger partial charge in [0.25, 0.3) is 0 Å². The highest BCUT2D eigenvalue weighted by Crippen LogP contribution is 2.26. The van der Waals surface area contributed by atoms with Gasteiger partial charge < -0.3 is 9.47 Å². The van der Waals surface area contributed by atoms with Crippen molar-refractivity contribution in [2.75, 3.05) is 0 Å². The topological polar surface area (TPSA) is 52.6 Å². The van der Waals surface area contributed by atoms with Crippen LogP contribution in [-0.2, 0) is 22.4 Å². The van der Waals surface area contributed by atoms with Crippen molar-refractivity contribution in [3.05, 3.63) is 34.0 Å². The Labute approximate surface area is 137 Å². The molecule has 0 aliphatic heterocycles. The van der Waals surface area contributed by atoms with E-state index in [2.05, 4.69) is 0 Å². The number of carbonyl (C=O) groups excluding carboxylic acids is 2. The summed E-state index contributed by atoms with van der Waals surface area (Å²) in [7, 11) is 0. The van der Waals surface area contributed by atoms with Gasteiger partial charge in [0.2, 0.25) is 0 Å². The molecule has 0 amide bonds. The summed E-state index contributed by atoms with van der Waals surface area (Å²) in [6.07, 6.45) is 1.86. The zero-order chi connectivity index (χ0) is 15.9.